The molecule has 96 valence electrons. The smallest absolute Gasteiger partial charge is 0.337 e. The van der Waals surface area contributed by atoms with Crippen molar-refractivity contribution in [1.29, 1.82) is 0 Å². The fourth-order valence-corrected chi connectivity index (χ4v) is 1.33. The van der Waals surface area contributed by atoms with Gasteiger partial charge in [0.2, 0.25) is 5.95 Å². The average Bonchev–Trinajstić information content (AvgIpc) is 2.39. The van der Waals surface area contributed by atoms with Gasteiger partial charge in [0.25, 0.3) is 5.91 Å². The molecule has 0 saturated heterocycles. The highest BCUT2D eigenvalue weighted by molar-refractivity contribution is 6.03. The summed E-state index contributed by atoms with van der Waals surface area (Å²) < 4.78 is 12.8. The number of amides is 1. The van der Waals surface area contributed by atoms with Gasteiger partial charge in [0, 0.05) is 24.0 Å². The van der Waals surface area contributed by atoms with Crippen molar-refractivity contribution in [2.24, 2.45) is 0 Å². The number of carbonyl (C=O) groups is 2. The van der Waals surface area contributed by atoms with Crippen molar-refractivity contribution in [3.05, 3.63) is 53.7 Å². The van der Waals surface area contributed by atoms with Crippen LogP contribution in [0, 0.1) is 5.95 Å². The molecule has 2 N–H and O–H groups in total. The topological polar surface area (TPSA) is 92.2 Å². The summed E-state index contributed by atoms with van der Waals surface area (Å²) in [5.74, 6) is -2.26. The summed E-state index contributed by atoms with van der Waals surface area (Å²) in [6, 6.07) is 4.99. The minimum atomic E-state index is -1.11. The molecule has 0 aliphatic heterocycles. The minimum absolute atomic E-state index is 0.00737. The molecule has 7 heteroatoms. The molecule has 2 aromatic rings. The van der Waals surface area contributed by atoms with Crippen LogP contribution in [0.25, 0.3) is 0 Å². The van der Waals surface area contributed by atoms with Gasteiger partial charge in [-0.05, 0) is 18.2 Å². The zero-order chi connectivity index (χ0) is 13.8. The second-order valence-corrected chi connectivity index (χ2v) is 3.56. The van der Waals surface area contributed by atoms with Crippen LogP contribution >= 0.6 is 0 Å². The Morgan fingerprint density at radius 1 is 1.16 bits per heavy atom. The number of carbonyl (C=O) groups excluding carboxylic acids is 1. The molecule has 0 fully saturated rings. The third-order valence-corrected chi connectivity index (χ3v) is 2.24. The number of anilines is 1. The first-order valence-electron chi connectivity index (χ1n) is 5.18. The predicted octanol–water partition coefficient (Wildman–Crippen LogP) is 1.57. The predicted molar refractivity (Wildman–Crippen MR) is 63.3 cm³/mol. The van der Waals surface area contributed by atoms with E-state index in [0.29, 0.717) is 0 Å². The van der Waals surface area contributed by atoms with E-state index >= 15 is 0 Å². The molecule has 0 unspecified atom stereocenters. The molecule has 1 amide bonds. The monoisotopic (exact) mass is 261 g/mol. The van der Waals surface area contributed by atoms with Gasteiger partial charge in [-0.1, -0.05) is 0 Å². The van der Waals surface area contributed by atoms with Crippen LogP contribution in [0.5, 0.6) is 0 Å². The lowest BCUT2D eigenvalue weighted by molar-refractivity contribution is 0.0696. The second-order valence-electron chi connectivity index (χ2n) is 3.56. The number of hydrogen-bond donors (Lipinski definition) is 2. The number of nitrogens with one attached hydrogen (secondary N) is 1. The van der Waals surface area contributed by atoms with E-state index in [1.165, 1.54) is 24.4 Å². The number of hydrogen-bond acceptors (Lipinski definition) is 4. The zero-order valence-electron chi connectivity index (χ0n) is 9.50. The van der Waals surface area contributed by atoms with Crippen molar-refractivity contribution in [2.45, 2.75) is 0 Å². The molecule has 6 nitrogen and oxygen atoms in total. The maximum absolute atomic E-state index is 12.8. The largest absolute Gasteiger partial charge is 0.478 e. The normalized spacial score (nSPS) is 9.95. The van der Waals surface area contributed by atoms with Crippen LogP contribution < -0.4 is 5.32 Å². The van der Waals surface area contributed by atoms with E-state index in [1.807, 2.05) is 0 Å². The number of rotatable bonds is 3. The molecular weight excluding hydrogens is 253 g/mol. The molecule has 2 aromatic heterocycles. The van der Waals surface area contributed by atoms with Crippen LogP contribution in [0.4, 0.5) is 10.2 Å². The Labute approximate surface area is 106 Å². The third-order valence-electron chi connectivity index (χ3n) is 2.24. The van der Waals surface area contributed by atoms with Crippen LogP contribution in [0.3, 0.4) is 0 Å². The van der Waals surface area contributed by atoms with Crippen LogP contribution in [-0.4, -0.2) is 27.0 Å². The lowest BCUT2D eigenvalue weighted by Crippen LogP contribution is -2.13. The Morgan fingerprint density at radius 3 is 2.53 bits per heavy atom. The maximum Gasteiger partial charge on any atom is 0.337 e. The average molecular weight is 261 g/mol. The van der Waals surface area contributed by atoms with Crippen LogP contribution in [-0.2, 0) is 0 Å². The maximum atomic E-state index is 12.8. The Bertz CT molecular complexity index is 628. The van der Waals surface area contributed by atoms with E-state index in [0.717, 1.165) is 12.3 Å². The van der Waals surface area contributed by atoms with Gasteiger partial charge in [-0.2, -0.15) is 4.39 Å². The van der Waals surface area contributed by atoms with E-state index in [9.17, 15) is 14.0 Å². The summed E-state index contributed by atoms with van der Waals surface area (Å²) in [6.07, 6.45) is 2.29. The highest BCUT2D eigenvalue weighted by Crippen LogP contribution is 2.08. The van der Waals surface area contributed by atoms with Gasteiger partial charge in [-0.15, -0.1) is 0 Å². The number of carboxylic acids is 1. The van der Waals surface area contributed by atoms with Crippen molar-refractivity contribution in [3.8, 4) is 0 Å². The molecule has 0 aromatic carbocycles. The Balaban J connectivity index is 2.13. The lowest BCUT2D eigenvalue weighted by Gasteiger charge is -2.04. The molecule has 0 atom stereocenters. The first-order chi connectivity index (χ1) is 9.06. The molecule has 0 saturated carbocycles. The SMILES string of the molecule is O=C(O)c1ccc(NC(=O)c2ccnc(F)c2)nc1. The van der Waals surface area contributed by atoms with Gasteiger partial charge in [-0.25, -0.2) is 14.8 Å². The molecule has 0 aliphatic rings. The Morgan fingerprint density at radius 2 is 1.95 bits per heavy atom. The number of halogens is 1. The van der Waals surface area contributed by atoms with Gasteiger partial charge < -0.3 is 10.4 Å². The quantitative estimate of drug-likeness (QED) is 0.818. The van der Waals surface area contributed by atoms with Crippen molar-refractivity contribution in [1.82, 2.24) is 9.97 Å². The van der Waals surface area contributed by atoms with Crippen LogP contribution in [0.1, 0.15) is 20.7 Å². The van der Waals surface area contributed by atoms with Gasteiger partial charge in [0.05, 0.1) is 5.56 Å². The fraction of sp³-hybridized carbons (Fsp3) is 0. The second kappa shape index (κ2) is 5.21. The van der Waals surface area contributed by atoms with Crippen molar-refractivity contribution in [2.75, 3.05) is 5.32 Å². The molecule has 2 rings (SSSR count). The number of aromatic carboxylic acids is 1. The highest BCUT2D eigenvalue weighted by Gasteiger charge is 2.09. The molecule has 0 bridgehead atoms. The molecule has 2 heterocycles. The van der Waals surface area contributed by atoms with Gasteiger partial charge in [0.1, 0.15) is 5.82 Å². The first kappa shape index (κ1) is 12.6. The Kier molecular flexibility index (Phi) is 3.46. The van der Waals surface area contributed by atoms with E-state index in [2.05, 4.69) is 15.3 Å². The summed E-state index contributed by atoms with van der Waals surface area (Å²) in [4.78, 5) is 29.4. The van der Waals surface area contributed by atoms with E-state index in [4.69, 9.17) is 5.11 Å². The van der Waals surface area contributed by atoms with Crippen molar-refractivity contribution < 1.29 is 19.1 Å². The van der Waals surface area contributed by atoms with Crippen molar-refractivity contribution in [3.63, 3.8) is 0 Å². The first-order valence-corrected chi connectivity index (χ1v) is 5.18. The van der Waals surface area contributed by atoms with E-state index in [-0.39, 0.29) is 16.9 Å². The summed E-state index contributed by atoms with van der Waals surface area (Å²) in [5, 5.41) is 11.1. The molecular formula is C12H8FN3O3. The van der Waals surface area contributed by atoms with Gasteiger partial charge in [0.15, 0.2) is 0 Å². The molecule has 19 heavy (non-hydrogen) atoms. The van der Waals surface area contributed by atoms with E-state index in [1.54, 1.807) is 0 Å². The van der Waals surface area contributed by atoms with Gasteiger partial charge in [-0.3, -0.25) is 4.79 Å². The zero-order valence-corrected chi connectivity index (χ0v) is 9.50. The summed E-state index contributed by atoms with van der Waals surface area (Å²) in [6.45, 7) is 0. The third kappa shape index (κ3) is 3.09. The van der Waals surface area contributed by atoms with Crippen LogP contribution in [0.15, 0.2) is 36.7 Å². The fourth-order valence-electron chi connectivity index (χ4n) is 1.33. The van der Waals surface area contributed by atoms with Gasteiger partial charge >= 0.3 is 5.97 Å². The summed E-state index contributed by atoms with van der Waals surface area (Å²) >= 11 is 0. The molecule has 0 radical (unpaired) electrons. The lowest BCUT2D eigenvalue weighted by atomic mass is 10.2. The number of carboxylic acid groups (broad SMARTS) is 1. The molecule has 0 aliphatic carbocycles. The van der Waals surface area contributed by atoms with E-state index < -0.39 is 17.8 Å². The summed E-state index contributed by atoms with van der Waals surface area (Å²) in [7, 11) is 0. The van der Waals surface area contributed by atoms with Crippen LogP contribution in [0.2, 0.25) is 0 Å². The summed E-state index contributed by atoms with van der Waals surface area (Å²) in [5.41, 5.74) is 0.101. The van der Waals surface area contributed by atoms with Crippen molar-refractivity contribution >= 4 is 17.7 Å². The minimum Gasteiger partial charge on any atom is -0.478 e. The number of pyridine rings is 2. The highest BCUT2D eigenvalue weighted by atomic mass is 19.1. The number of aromatic nitrogens is 2. The number of nitrogens with zero attached hydrogens (tertiary/aromatic N) is 2. The Hall–Kier alpha value is -2.83. The standard InChI is InChI=1S/C12H8FN3O3/c13-9-5-7(3-4-14-9)11(17)16-10-2-1-8(6-15-10)12(18)19/h1-6H,(H,18,19)(H,15,16,17). The molecule has 0 spiro atoms.